The summed E-state index contributed by atoms with van der Waals surface area (Å²) < 4.78 is 11.7. The molecule has 1 saturated heterocycles. The first-order chi connectivity index (χ1) is 9.78. The molecule has 2 fully saturated rings. The molecule has 1 aliphatic carbocycles. The largest absolute Gasteiger partial charge is 0.376 e. The summed E-state index contributed by atoms with van der Waals surface area (Å²) >= 11 is 0. The number of ether oxygens (including phenoxy) is 2. The highest BCUT2D eigenvalue weighted by molar-refractivity contribution is 5.10. The average molecular weight is 280 g/mol. The van der Waals surface area contributed by atoms with Gasteiger partial charge in [-0.1, -0.05) is 6.92 Å². The Balaban J connectivity index is 1.78. The van der Waals surface area contributed by atoms with E-state index in [1.807, 2.05) is 0 Å². The molecule has 0 bridgehead atoms. The van der Waals surface area contributed by atoms with Crippen molar-refractivity contribution in [2.45, 2.75) is 76.0 Å². The van der Waals surface area contributed by atoms with Crippen molar-refractivity contribution in [2.24, 2.45) is 0 Å². The van der Waals surface area contributed by atoms with Gasteiger partial charge >= 0.3 is 0 Å². The van der Waals surface area contributed by atoms with E-state index >= 15 is 0 Å². The number of hydrogen-bond acceptors (Lipinski definition) is 4. The first kappa shape index (κ1) is 15.8. The normalized spacial score (nSPS) is 34.6. The first-order valence-electron chi connectivity index (χ1n) is 8.17. The van der Waals surface area contributed by atoms with E-state index in [2.05, 4.69) is 18.3 Å². The predicted molar refractivity (Wildman–Crippen MR) is 78.4 cm³/mol. The Bertz CT molecular complexity index is 323. The van der Waals surface area contributed by atoms with Gasteiger partial charge in [0.15, 0.2) is 0 Å². The highest BCUT2D eigenvalue weighted by Crippen LogP contribution is 2.30. The van der Waals surface area contributed by atoms with Crippen LogP contribution >= 0.6 is 0 Å². The molecule has 1 aliphatic heterocycles. The summed E-state index contributed by atoms with van der Waals surface area (Å²) in [6, 6.07) is 2.50. The van der Waals surface area contributed by atoms with E-state index in [4.69, 9.17) is 9.47 Å². The van der Waals surface area contributed by atoms with Crippen LogP contribution < -0.4 is 5.32 Å². The first-order valence-corrected chi connectivity index (χ1v) is 8.17. The molecule has 4 nitrogen and oxygen atoms in total. The lowest BCUT2D eigenvalue weighted by atomic mass is 9.81. The lowest BCUT2D eigenvalue weighted by Crippen LogP contribution is -2.49. The third-order valence-corrected chi connectivity index (χ3v) is 4.42. The summed E-state index contributed by atoms with van der Waals surface area (Å²) in [4.78, 5) is 0. The predicted octanol–water partition coefficient (Wildman–Crippen LogP) is 2.78. The minimum atomic E-state index is -0.369. The van der Waals surface area contributed by atoms with Gasteiger partial charge in [0.1, 0.15) is 5.54 Å². The fourth-order valence-electron chi connectivity index (χ4n) is 3.21. The summed E-state index contributed by atoms with van der Waals surface area (Å²) in [6.45, 7) is 4.61. The fourth-order valence-corrected chi connectivity index (χ4v) is 3.21. The number of hydrogen-bond donors (Lipinski definition) is 1. The second-order valence-corrected chi connectivity index (χ2v) is 6.16. The molecule has 1 saturated carbocycles. The summed E-state index contributed by atoms with van der Waals surface area (Å²) in [5.74, 6) is 0. The van der Waals surface area contributed by atoms with Crippen molar-refractivity contribution in [3.8, 4) is 6.07 Å². The van der Waals surface area contributed by atoms with Gasteiger partial charge in [0.05, 0.1) is 24.9 Å². The quantitative estimate of drug-likeness (QED) is 0.813. The summed E-state index contributed by atoms with van der Waals surface area (Å²) in [6.07, 6.45) is 8.99. The Hall–Kier alpha value is -0.630. The van der Waals surface area contributed by atoms with Gasteiger partial charge in [0.2, 0.25) is 0 Å². The van der Waals surface area contributed by atoms with Crippen molar-refractivity contribution < 1.29 is 9.47 Å². The zero-order valence-electron chi connectivity index (χ0n) is 12.7. The van der Waals surface area contributed by atoms with Gasteiger partial charge in [-0.15, -0.1) is 0 Å². The van der Waals surface area contributed by atoms with Crippen LogP contribution in [0.4, 0.5) is 0 Å². The van der Waals surface area contributed by atoms with E-state index in [1.54, 1.807) is 0 Å². The maximum Gasteiger partial charge on any atom is 0.109 e. The van der Waals surface area contributed by atoms with Crippen LogP contribution in [-0.2, 0) is 9.47 Å². The Morgan fingerprint density at radius 3 is 2.95 bits per heavy atom. The van der Waals surface area contributed by atoms with Gasteiger partial charge in [-0.25, -0.2) is 0 Å². The summed E-state index contributed by atoms with van der Waals surface area (Å²) in [5, 5.41) is 12.9. The standard InChI is InChI=1S/C16H28N2O2/c1-2-9-18-16(13-17)8-5-7-14(11-16)20-12-15-6-3-4-10-19-15/h14-15,18H,2-12H2,1H3. The number of nitrogens with zero attached hydrogens (tertiary/aromatic N) is 1. The van der Waals surface area contributed by atoms with Gasteiger partial charge in [-0.2, -0.15) is 5.26 Å². The second kappa shape index (κ2) is 7.97. The average Bonchev–Trinajstić information content (AvgIpc) is 2.52. The zero-order valence-corrected chi connectivity index (χ0v) is 12.7. The van der Waals surface area contributed by atoms with Crippen LogP contribution in [0.2, 0.25) is 0 Å². The third kappa shape index (κ3) is 4.44. The molecule has 1 N–H and O–H groups in total. The zero-order chi connectivity index (χ0) is 14.3. The molecule has 2 aliphatic rings. The molecule has 3 atom stereocenters. The molecule has 0 aromatic carbocycles. The molecule has 0 aromatic rings. The van der Waals surface area contributed by atoms with Crippen molar-refractivity contribution in [3.63, 3.8) is 0 Å². The van der Waals surface area contributed by atoms with E-state index in [1.165, 1.54) is 12.8 Å². The van der Waals surface area contributed by atoms with Gasteiger partial charge in [-0.05, 0) is 51.5 Å². The Morgan fingerprint density at radius 1 is 1.35 bits per heavy atom. The molecule has 0 amide bonds. The Kier molecular flexibility index (Phi) is 6.28. The maximum atomic E-state index is 9.51. The lowest BCUT2D eigenvalue weighted by molar-refractivity contribution is -0.0753. The maximum absolute atomic E-state index is 9.51. The smallest absolute Gasteiger partial charge is 0.109 e. The molecule has 3 unspecified atom stereocenters. The molecule has 0 spiro atoms. The number of nitriles is 1. The van der Waals surface area contributed by atoms with E-state index in [-0.39, 0.29) is 17.7 Å². The molecule has 20 heavy (non-hydrogen) atoms. The number of rotatable bonds is 6. The molecule has 0 aromatic heterocycles. The molecule has 2 rings (SSSR count). The molecule has 114 valence electrons. The minimum Gasteiger partial charge on any atom is -0.376 e. The molecule has 1 heterocycles. The van der Waals surface area contributed by atoms with Crippen molar-refractivity contribution in [3.05, 3.63) is 0 Å². The topological polar surface area (TPSA) is 54.3 Å². The van der Waals surface area contributed by atoms with Crippen molar-refractivity contribution in [1.29, 1.82) is 5.26 Å². The Labute approximate surface area is 122 Å². The minimum absolute atomic E-state index is 0.207. The van der Waals surface area contributed by atoms with Gasteiger partial charge < -0.3 is 9.47 Å². The monoisotopic (exact) mass is 280 g/mol. The van der Waals surface area contributed by atoms with Crippen molar-refractivity contribution in [1.82, 2.24) is 5.32 Å². The van der Waals surface area contributed by atoms with Crippen LogP contribution in [0.15, 0.2) is 0 Å². The van der Waals surface area contributed by atoms with Crippen LogP contribution in [0.5, 0.6) is 0 Å². The van der Waals surface area contributed by atoms with E-state index < -0.39 is 0 Å². The molecular formula is C16H28N2O2. The van der Waals surface area contributed by atoms with Crippen molar-refractivity contribution in [2.75, 3.05) is 19.8 Å². The number of nitrogens with one attached hydrogen (secondary N) is 1. The Morgan fingerprint density at radius 2 is 2.25 bits per heavy atom. The molecule has 4 heteroatoms. The van der Waals surface area contributed by atoms with E-state index in [9.17, 15) is 5.26 Å². The van der Waals surface area contributed by atoms with Gasteiger partial charge in [0, 0.05) is 13.0 Å². The molecule has 0 radical (unpaired) electrons. The van der Waals surface area contributed by atoms with Crippen LogP contribution in [0.3, 0.4) is 0 Å². The van der Waals surface area contributed by atoms with Crippen LogP contribution in [0, 0.1) is 11.3 Å². The summed E-state index contributed by atoms with van der Waals surface area (Å²) in [7, 11) is 0. The summed E-state index contributed by atoms with van der Waals surface area (Å²) in [5.41, 5.74) is -0.369. The highest BCUT2D eigenvalue weighted by atomic mass is 16.5. The lowest BCUT2D eigenvalue weighted by Gasteiger charge is -2.37. The van der Waals surface area contributed by atoms with Gasteiger partial charge in [-0.3, -0.25) is 5.32 Å². The van der Waals surface area contributed by atoms with Crippen LogP contribution in [-0.4, -0.2) is 37.5 Å². The SMILES string of the molecule is CCCNC1(C#N)CCCC(OCC2CCCCO2)C1. The second-order valence-electron chi connectivity index (χ2n) is 6.16. The fraction of sp³-hybridized carbons (Fsp3) is 0.938. The third-order valence-electron chi connectivity index (χ3n) is 4.42. The highest BCUT2D eigenvalue weighted by Gasteiger charge is 2.36. The van der Waals surface area contributed by atoms with Crippen LogP contribution in [0.1, 0.15) is 58.3 Å². The van der Waals surface area contributed by atoms with Crippen molar-refractivity contribution >= 4 is 0 Å². The van der Waals surface area contributed by atoms with E-state index in [0.29, 0.717) is 6.61 Å². The van der Waals surface area contributed by atoms with Gasteiger partial charge in [0.25, 0.3) is 0 Å². The molecular weight excluding hydrogens is 252 g/mol. The van der Waals surface area contributed by atoms with E-state index in [0.717, 1.165) is 51.7 Å². The van der Waals surface area contributed by atoms with Crippen LogP contribution in [0.25, 0.3) is 0 Å².